The summed E-state index contributed by atoms with van der Waals surface area (Å²) in [5.41, 5.74) is 7.76. The molecular formula is C23H22ClN5OS. The molecule has 1 aliphatic rings. The molecule has 2 aromatic carbocycles. The number of nitrogens with two attached hydrogens (primary N) is 1. The number of carbonyl (C=O) groups is 1. The zero-order chi connectivity index (χ0) is 21.5. The van der Waals surface area contributed by atoms with Crippen molar-refractivity contribution >= 4 is 55.7 Å². The maximum Gasteiger partial charge on any atom is 0.239 e. The highest BCUT2D eigenvalue weighted by atomic mass is 35.5. The minimum Gasteiger partial charge on any atom is -0.383 e. The fourth-order valence-corrected chi connectivity index (χ4v) is 5.39. The zero-order valence-corrected chi connectivity index (χ0v) is 18.7. The van der Waals surface area contributed by atoms with E-state index in [0.717, 1.165) is 40.0 Å². The van der Waals surface area contributed by atoms with Gasteiger partial charge in [0.1, 0.15) is 12.1 Å². The van der Waals surface area contributed by atoms with Gasteiger partial charge >= 0.3 is 0 Å². The van der Waals surface area contributed by atoms with Crippen LogP contribution in [0.25, 0.3) is 21.0 Å². The normalized spacial score (nSPS) is 17.7. The van der Waals surface area contributed by atoms with Crippen molar-refractivity contribution in [2.75, 3.05) is 18.8 Å². The van der Waals surface area contributed by atoms with E-state index >= 15 is 0 Å². The van der Waals surface area contributed by atoms with Crippen LogP contribution >= 0.6 is 22.9 Å². The van der Waals surface area contributed by atoms with Crippen LogP contribution in [0.1, 0.15) is 17.4 Å². The standard InChI is InChI=1S/C23H22ClN5OS/c1-14-23(30)29(11-15-2-4-19-20(8-15)26-13-27-22(19)25)7-6-28(14)12-18-10-16-9-17(24)3-5-21(16)31-18/h2-5,8-10,13-14H,6-7,11-12H2,1H3,(H2,25,26,27). The molecule has 8 heteroatoms. The first kappa shape index (κ1) is 20.2. The number of fused-ring (bicyclic) bond motifs is 2. The van der Waals surface area contributed by atoms with Gasteiger partial charge in [-0.15, -0.1) is 11.3 Å². The molecule has 1 aliphatic heterocycles. The van der Waals surface area contributed by atoms with E-state index in [9.17, 15) is 4.79 Å². The minimum absolute atomic E-state index is 0.151. The summed E-state index contributed by atoms with van der Waals surface area (Å²) in [7, 11) is 0. The number of nitrogen functional groups attached to an aromatic ring is 1. The molecule has 4 aromatic rings. The Morgan fingerprint density at radius 3 is 2.87 bits per heavy atom. The third-order valence-electron chi connectivity index (χ3n) is 5.87. The van der Waals surface area contributed by atoms with Crippen LogP contribution in [0.5, 0.6) is 0 Å². The summed E-state index contributed by atoms with van der Waals surface area (Å²) in [5, 5.41) is 2.74. The number of piperazine rings is 1. The number of amides is 1. The van der Waals surface area contributed by atoms with E-state index in [-0.39, 0.29) is 11.9 Å². The van der Waals surface area contributed by atoms with Crippen molar-refractivity contribution in [3.05, 3.63) is 64.3 Å². The summed E-state index contributed by atoms with van der Waals surface area (Å²) in [5.74, 6) is 0.621. The van der Waals surface area contributed by atoms with Crippen molar-refractivity contribution < 1.29 is 4.79 Å². The Morgan fingerprint density at radius 2 is 2.00 bits per heavy atom. The maximum atomic E-state index is 13.1. The monoisotopic (exact) mass is 451 g/mol. The number of halogens is 1. The van der Waals surface area contributed by atoms with E-state index in [1.807, 2.05) is 42.2 Å². The predicted molar refractivity (Wildman–Crippen MR) is 126 cm³/mol. The third-order valence-corrected chi connectivity index (χ3v) is 7.20. The molecule has 1 amide bonds. The van der Waals surface area contributed by atoms with Gasteiger partial charge in [-0.05, 0) is 54.3 Å². The lowest BCUT2D eigenvalue weighted by atomic mass is 10.1. The quantitative estimate of drug-likeness (QED) is 0.500. The largest absolute Gasteiger partial charge is 0.383 e. The number of thiophene rings is 1. The highest BCUT2D eigenvalue weighted by molar-refractivity contribution is 7.19. The van der Waals surface area contributed by atoms with Crippen molar-refractivity contribution in [3.8, 4) is 0 Å². The summed E-state index contributed by atoms with van der Waals surface area (Å²) in [6, 6.07) is 13.9. The minimum atomic E-state index is -0.166. The van der Waals surface area contributed by atoms with E-state index in [4.69, 9.17) is 17.3 Å². The Bertz CT molecular complexity index is 1290. The zero-order valence-electron chi connectivity index (χ0n) is 17.1. The van der Waals surface area contributed by atoms with Gasteiger partial charge in [-0.25, -0.2) is 9.97 Å². The molecule has 3 heterocycles. The van der Waals surface area contributed by atoms with E-state index in [0.29, 0.717) is 18.9 Å². The predicted octanol–water partition coefficient (Wildman–Crippen LogP) is 4.31. The van der Waals surface area contributed by atoms with Gasteiger partial charge in [0, 0.05) is 46.2 Å². The summed E-state index contributed by atoms with van der Waals surface area (Å²) in [6.07, 6.45) is 1.47. The lowest BCUT2D eigenvalue weighted by Crippen LogP contribution is -2.54. The summed E-state index contributed by atoms with van der Waals surface area (Å²) < 4.78 is 1.22. The Balaban J connectivity index is 1.28. The first-order valence-corrected chi connectivity index (χ1v) is 11.4. The van der Waals surface area contributed by atoms with E-state index < -0.39 is 0 Å². The van der Waals surface area contributed by atoms with Gasteiger partial charge in [-0.1, -0.05) is 17.7 Å². The summed E-state index contributed by atoms with van der Waals surface area (Å²) >= 11 is 7.88. The summed E-state index contributed by atoms with van der Waals surface area (Å²) in [4.78, 5) is 26.8. The number of nitrogens with zero attached hydrogens (tertiary/aromatic N) is 4. The van der Waals surface area contributed by atoms with Crippen LogP contribution in [-0.2, 0) is 17.9 Å². The molecule has 6 nitrogen and oxygen atoms in total. The highest BCUT2D eigenvalue weighted by Crippen LogP contribution is 2.30. The Labute approximate surface area is 189 Å². The van der Waals surface area contributed by atoms with Crippen molar-refractivity contribution in [1.82, 2.24) is 19.8 Å². The first-order chi connectivity index (χ1) is 15.0. The second-order valence-electron chi connectivity index (χ2n) is 7.91. The highest BCUT2D eigenvalue weighted by Gasteiger charge is 2.31. The van der Waals surface area contributed by atoms with Crippen LogP contribution in [0.15, 0.2) is 48.8 Å². The second kappa shape index (κ2) is 8.07. The van der Waals surface area contributed by atoms with Crippen molar-refractivity contribution in [1.29, 1.82) is 0 Å². The molecule has 0 bridgehead atoms. The van der Waals surface area contributed by atoms with Crippen LogP contribution in [-0.4, -0.2) is 44.8 Å². The van der Waals surface area contributed by atoms with Gasteiger partial charge in [-0.3, -0.25) is 9.69 Å². The maximum absolute atomic E-state index is 13.1. The van der Waals surface area contributed by atoms with Gasteiger partial charge in [0.15, 0.2) is 0 Å². The first-order valence-electron chi connectivity index (χ1n) is 10.2. The Hall–Kier alpha value is -2.74. The molecule has 0 radical (unpaired) electrons. The van der Waals surface area contributed by atoms with Gasteiger partial charge in [0.05, 0.1) is 11.6 Å². The topological polar surface area (TPSA) is 75.3 Å². The van der Waals surface area contributed by atoms with E-state index in [1.54, 1.807) is 11.3 Å². The molecule has 1 fully saturated rings. The van der Waals surface area contributed by atoms with Gasteiger partial charge < -0.3 is 10.6 Å². The molecule has 1 saturated heterocycles. The Kier molecular flexibility index (Phi) is 5.25. The fourth-order valence-electron chi connectivity index (χ4n) is 4.14. The number of carbonyl (C=O) groups excluding carboxylic acids is 1. The average Bonchev–Trinajstić information content (AvgIpc) is 3.15. The molecule has 0 saturated carbocycles. The molecule has 2 N–H and O–H groups in total. The SMILES string of the molecule is CC1C(=O)N(Cc2ccc3c(N)ncnc3c2)CCN1Cc1cc2cc(Cl)ccc2s1. The third kappa shape index (κ3) is 3.96. The van der Waals surface area contributed by atoms with Gasteiger partial charge in [0.25, 0.3) is 0 Å². The van der Waals surface area contributed by atoms with Crippen LogP contribution in [0.2, 0.25) is 5.02 Å². The Morgan fingerprint density at radius 1 is 1.13 bits per heavy atom. The molecule has 0 aliphatic carbocycles. The molecule has 0 spiro atoms. The van der Waals surface area contributed by atoms with Gasteiger partial charge in [0.2, 0.25) is 5.91 Å². The number of anilines is 1. The van der Waals surface area contributed by atoms with E-state index in [1.165, 1.54) is 15.9 Å². The van der Waals surface area contributed by atoms with Crippen LogP contribution in [0, 0.1) is 0 Å². The molecule has 31 heavy (non-hydrogen) atoms. The van der Waals surface area contributed by atoms with E-state index in [2.05, 4.69) is 27.0 Å². The number of benzene rings is 2. The lowest BCUT2D eigenvalue weighted by molar-refractivity contribution is -0.142. The number of hydrogen-bond donors (Lipinski definition) is 1. The molecule has 158 valence electrons. The fraction of sp³-hybridized carbons (Fsp3) is 0.261. The smallest absolute Gasteiger partial charge is 0.239 e. The second-order valence-corrected chi connectivity index (χ2v) is 9.52. The number of aromatic nitrogens is 2. The molecule has 1 unspecified atom stereocenters. The van der Waals surface area contributed by atoms with Crippen molar-refractivity contribution in [3.63, 3.8) is 0 Å². The molecule has 2 aromatic heterocycles. The lowest BCUT2D eigenvalue weighted by Gasteiger charge is -2.39. The molecule has 1 atom stereocenters. The van der Waals surface area contributed by atoms with Crippen LogP contribution in [0.4, 0.5) is 5.82 Å². The number of hydrogen-bond acceptors (Lipinski definition) is 6. The summed E-state index contributed by atoms with van der Waals surface area (Å²) in [6.45, 7) is 4.86. The van der Waals surface area contributed by atoms with Crippen LogP contribution in [0.3, 0.4) is 0 Å². The van der Waals surface area contributed by atoms with Crippen LogP contribution < -0.4 is 5.73 Å². The molecular weight excluding hydrogens is 430 g/mol. The van der Waals surface area contributed by atoms with Crippen molar-refractivity contribution in [2.45, 2.75) is 26.1 Å². The average molecular weight is 452 g/mol. The van der Waals surface area contributed by atoms with Crippen molar-refractivity contribution in [2.24, 2.45) is 0 Å². The number of rotatable bonds is 4. The molecule has 5 rings (SSSR count). The van der Waals surface area contributed by atoms with Gasteiger partial charge in [-0.2, -0.15) is 0 Å².